The number of rotatable bonds is 6. The van der Waals surface area contributed by atoms with Gasteiger partial charge in [-0.05, 0) is 29.8 Å². The van der Waals surface area contributed by atoms with Gasteiger partial charge >= 0.3 is 0 Å². The summed E-state index contributed by atoms with van der Waals surface area (Å²) in [6, 6.07) is 16.6. The molecule has 0 spiro atoms. The van der Waals surface area contributed by atoms with E-state index >= 15 is 0 Å². The van der Waals surface area contributed by atoms with Crippen molar-refractivity contribution in [1.29, 1.82) is 0 Å². The largest absolute Gasteiger partial charge is 0.326 e. The number of anilines is 1. The Bertz CT molecular complexity index is 865. The van der Waals surface area contributed by atoms with Gasteiger partial charge in [-0.25, -0.2) is 8.42 Å². The van der Waals surface area contributed by atoms with Crippen LogP contribution in [0.2, 0.25) is 0 Å². The normalized spacial score (nSPS) is 15.6. The first-order valence-electron chi connectivity index (χ1n) is 9.15. The van der Waals surface area contributed by atoms with E-state index < -0.39 is 10.0 Å². The predicted molar refractivity (Wildman–Crippen MR) is 113 cm³/mol. The second kappa shape index (κ2) is 10.0. The second-order valence-electron chi connectivity index (χ2n) is 6.59. The molecule has 1 saturated heterocycles. The first-order chi connectivity index (χ1) is 13.0. The number of halogens is 1. The van der Waals surface area contributed by atoms with Crippen molar-refractivity contribution in [3.05, 3.63) is 60.2 Å². The Morgan fingerprint density at radius 1 is 0.964 bits per heavy atom. The Labute approximate surface area is 173 Å². The first kappa shape index (κ1) is 22.4. The van der Waals surface area contributed by atoms with Crippen LogP contribution in [0.1, 0.15) is 18.9 Å². The summed E-state index contributed by atoms with van der Waals surface area (Å²) in [5.74, 6) is -0.0971. The molecule has 0 aliphatic carbocycles. The third-order valence-corrected chi connectivity index (χ3v) is 6.59. The zero-order valence-corrected chi connectivity index (χ0v) is 17.5. The average Bonchev–Trinajstić information content (AvgIpc) is 2.69. The molecule has 0 bridgehead atoms. The maximum atomic E-state index is 12.9. The molecule has 0 aromatic heterocycles. The van der Waals surface area contributed by atoms with Crippen LogP contribution in [-0.4, -0.2) is 49.7 Å². The summed E-state index contributed by atoms with van der Waals surface area (Å²) in [6.07, 6.45) is 0.382. The van der Waals surface area contributed by atoms with Gasteiger partial charge in [0.05, 0.1) is 4.90 Å². The molecule has 1 aliphatic heterocycles. The van der Waals surface area contributed by atoms with Gasteiger partial charge in [0.25, 0.3) is 0 Å². The Hall–Kier alpha value is -1.93. The number of carbonyl (C=O) groups excluding carboxylic acids is 1. The molecule has 1 heterocycles. The van der Waals surface area contributed by atoms with Crippen molar-refractivity contribution < 1.29 is 13.2 Å². The van der Waals surface area contributed by atoms with Crippen molar-refractivity contribution >= 4 is 34.0 Å². The van der Waals surface area contributed by atoms with Gasteiger partial charge in [-0.2, -0.15) is 4.31 Å². The number of nitrogens with one attached hydrogen (secondary N) is 1. The van der Waals surface area contributed by atoms with Crippen molar-refractivity contribution in [3.8, 4) is 0 Å². The Balaban J connectivity index is 0.00000280. The van der Waals surface area contributed by atoms with Gasteiger partial charge < -0.3 is 5.32 Å². The van der Waals surface area contributed by atoms with Crippen LogP contribution < -0.4 is 5.32 Å². The van der Waals surface area contributed by atoms with Gasteiger partial charge in [-0.15, -0.1) is 12.4 Å². The van der Waals surface area contributed by atoms with E-state index in [0.717, 1.165) is 6.54 Å². The molecule has 1 fully saturated rings. The topological polar surface area (TPSA) is 69.7 Å². The van der Waals surface area contributed by atoms with Gasteiger partial charge in [0, 0.05) is 44.8 Å². The van der Waals surface area contributed by atoms with E-state index in [9.17, 15) is 13.2 Å². The molecule has 8 heteroatoms. The van der Waals surface area contributed by atoms with E-state index in [0.29, 0.717) is 38.3 Å². The monoisotopic (exact) mass is 423 g/mol. The minimum atomic E-state index is -3.52. The van der Waals surface area contributed by atoms with Crippen LogP contribution in [0.3, 0.4) is 0 Å². The number of carbonyl (C=O) groups is 1. The SMILES string of the molecule is CCC(=O)Nc1ccc(S(=O)(=O)N2CCN(Cc3ccccc3)CC2)cc1.Cl. The third kappa shape index (κ3) is 5.54. The minimum Gasteiger partial charge on any atom is -0.326 e. The van der Waals surface area contributed by atoms with Crippen LogP contribution in [-0.2, 0) is 21.4 Å². The zero-order chi connectivity index (χ0) is 19.3. The van der Waals surface area contributed by atoms with Gasteiger partial charge in [0.2, 0.25) is 15.9 Å². The van der Waals surface area contributed by atoms with E-state index in [2.05, 4.69) is 22.3 Å². The van der Waals surface area contributed by atoms with Gasteiger partial charge in [0.15, 0.2) is 0 Å². The molecule has 3 rings (SSSR count). The smallest absolute Gasteiger partial charge is 0.243 e. The van der Waals surface area contributed by atoms with E-state index in [4.69, 9.17) is 0 Å². The summed E-state index contributed by atoms with van der Waals surface area (Å²) in [6.45, 7) is 4.97. The summed E-state index contributed by atoms with van der Waals surface area (Å²) >= 11 is 0. The summed E-state index contributed by atoms with van der Waals surface area (Å²) in [4.78, 5) is 14.0. The van der Waals surface area contributed by atoms with E-state index in [1.165, 1.54) is 9.87 Å². The molecule has 2 aromatic rings. The zero-order valence-electron chi connectivity index (χ0n) is 15.9. The molecule has 1 N–H and O–H groups in total. The van der Waals surface area contributed by atoms with Crippen LogP contribution in [0.4, 0.5) is 5.69 Å². The van der Waals surface area contributed by atoms with E-state index in [1.807, 2.05) is 18.2 Å². The Morgan fingerprint density at radius 3 is 2.14 bits per heavy atom. The molecule has 0 radical (unpaired) electrons. The maximum Gasteiger partial charge on any atom is 0.243 e. The van der Waals surface area contributed by atoms with Crippen LogP contribution in [0.5, 0.6) is 0 Å². The molecule has 28 heavy (non-hydrogen) atoms. The molecule has 0 saturated carbocycles. The number of sulfonamides is 1. The fourth-order valence-electron chi connectivity index (χ4n) is 3.08. The number of piperazine rings is 1. The van der Waals surface area contributed by atoms with Crippen molar-refractivity contribution in [2.24, 2.45) is 0 Å². The summed E-state index contributed by atoms with van der Waals surface area (Å²) in [5.41, 5.74) is 1.84. The lowest BCUT2D eigenvalue weighted by atomic mass is 10.2. The molecule has 2 aromatic carbocycles. The first-order valence-corrected chi connectivity index (χ1v) is 10.6. The maximum absolute atomic E-state index is 12.9. The van der Waals surface area contributed by atoms with E-state index in [-0.39, 0.29) is 23.2 Å². The number of benzene rings is 2. The minimum absolute atomic E-state index is 0. The second-order valence-corrected chi connectivity index (χ2v) is 8.53. The van der Waals surface area contributed by atoms with Gasteiger partial charge in [-0.3, -0.25) is 9.69 Å². The molecule has 1 aliphatic rings. The van der Waals surface area contributed by atoms with Crippen LogP contribution >= 0.6 is 12.4 Å². The number of hydrogen-bond donors (Lipinski definition) is 1. The number of hydrogen-bond acceptors (Lipinski definition) is 4. The van der Waals surface area contributed by atoms with Crippen molar-refractivity contribution in [2.45, 2.75) is 24.8 Å². The highest BCUT2D eigenvalue weighted by Gasteiger charge is 2.28. The summed E-state index contributed by atoms with van der Waals surface area (Å²) in [7, 11) is -3.52. The molecular weight excluding hydrogens is 398 g/mol. The quantitative estimate of drug-likeness (QED) is 0.775. The lowest BCUT2D eigenvalue weighted by Crippen LogP contribution is -2.48. The molecule has 0 atom stereocenters. The molecule has 0 unspecified atom stereocenters. The predicted octanol–water partition coefficient (Wildman–Crippen LogP) is 2.96. The molecular formula is C20H26ClN3O3S. The highest BCUT2D eigenvalue weighted by atomic mass is 35.5. The average molecular weight is 424 g/mol. The summed E-state index contributed by atoms with van der Waals surface area (Å²) in [5, 5.41) is 2.72. The highest BCUT2D eigenvalue weighted by molar-refractivity contribution is 7.89. The Kier molecular flexibility index (Phi) is 8.00. The standard InChI is InChI=1S/C20H25N3O3S.ClH/c1-2-20(24)21-18-8-10-19(11-9-18)27(25,26)23-14-12-22(13-15-23)16-17-6-4-3-5-7-17;/h3-11H,2,12-16H2,1H3,(H,21,24);1H. The van der Waals surface area contributed by atoms with Crippen LogP contribution in [0.25, 0.3) is 0 Å². The van der Waals surface area contributed by atoms with Crippen molar-refractivity contribution in [3.63, 3.8) is 0 Å². The van der Waals surface area contributed by atoms with E-state index in [1.54, 1.807) is 31.2 Å². The lowest BCUT2D eigenvalue weighted by molar-refractivity contribution is -0.115. The highest BCUT2D eigenvalue weighted by Crippen LogP contribution is 2.20. The van der Waals surface area contributed by atoms with Crippen LogP contribution in [0.15, 0.2) is 59.5 Å². The van der Waals surface area contributed by atoms with Gasteiger partial charge in [-0.1, -0.05) is 37.3 Å². The fourth-order valence-corrected chi connectivity index (χ4v) is 4.50. The summed E-state index contributed by atoms with van der Waals surface area (Å²) < 4.78 is 27.3. The third-order valence-electron chi connectivity index (χ3n) is 4.68. The van der Waals surface area contributed by atoms with Crippen molar-refractivity contribution in [2.75, 3.05) is 31.5 Å². The number of nitrogens with zero attached hydrogens (tertiary/aromatic N) is 2. The van der Waals surface area contributed by atoms with Crippen LogP contribution in [0, 0.1) is 0 Å². The molecule has 152 valence electrons. The Morgan fingerprint density at radius 2 is 1.57 bits per heavy atom. The van der Waals surface area contributed by atoms with Crippen molar-refractivity contribution in [1.82, 2.24) is 9.21 Å². The fraction of sp³-hybridized carbons (Fsp3) is 0.350. The molecule has 1 amide bonds. The molecule has 6 nitrogen and oxygen atoms in total. The van der Waals surface area contributed by atoms with Gasteiger partial charge in [0.1, 0.15) is 0 Å². The lowest BCUT2D eigenvalue weighted by Gasteiger charge is -2.34. The number of amides is 1.